The average Bonchev–Trinajstić information content (AvgIpc) is 2.82. The SMILES string of the molecule is C=C(c1cc(N2C[C@@H](C)O[C@@H](C)C2)ncn1)c1cc(-c2ccnc(OC)c2)ccc1NN. The minimum absolute atomic E-state index is 0.141. The van der Waals surface area contributed by atoms with Gasteiger partial charge in [-0.3, -0.25) is 5.84 Å². The number of nitrogens with two attached hydrogens (primary N) is 1. The fraction of sp³-hybridized carbons (Fsp3) is 0.292. The monoisotopic (exact) mass is 432 g/mol. The van der Waals surface area contributed by atoms with Crippen LogP contribution in [0.25, 0.3) is 16.7 Å². The largest absolute Gasteiger partial charge is 0.481 e. The van der Waals surface area contributed by atoms with E-state index in [1.807, 2.05) is 36.4 Å². The zero-order valence-electron chi connectivity index (χ0n) is 18.6. The summed E-state index contributed by atoms with van der Waals surface area (Å²) in [4.78, 5) is 15.4. The standard InChI is InChI=1S/C24H28N6O2/c1-15-12-30(13-16(2)32-15)23-11-22(27-14-28-23)17(3)20-9-18(5-6-21(20)29-25)19-7-8-26-24(10-19)31-4/h5-11,14-16,29H,3,12-13,25H2,1-2,4H3/t15-,16+. The van der Waals surface area contributed by atoms with Crippen molar-refractivity contribution in [1.29, 1.82) is 0 Å². The highest BCUT2D eigenvalue weighted by molar-refractivity contribution is 5.86. The molecule has 0 unspecified atom stereocenters. The van der Waals surface area contributed by atoms with Crippen LogP contribution in [-0.2, 0) is 4.74 Å². The van der Waals surface area contributed by atoms with Crippen LogP contribution in [0.15, 0.2) is 55.5 Å². The Hall–Kier alpha value is -3.49. The molecule has 8 heteroatoms. The predicted octanol–water partition coefficient (Wildman–Crippen LogP) is 3.51. The summed E-state index contributed by atoms with van der Waals surface area (Å²) < 4.78 is 11.1. The van der Waals surface area contributed by atoms with E-state index in [1.54, 1.807) is 19.6 Å². The normalized spacial score (nSPS) is 18.3. The van der Waals surface area contributed by atoms with Crippen molar-refractivity contribution in [3.05, 3.63) is 66.8 Å². The summed E-state index contributed by atoms with van der Waals surface area (Å²) in [6.45, 7) is 10.0. The molecular weight excluding hydrogens is 404 g/mol. The maximum absolute atomic E-state index is 5.85. The van der Waals surface area contributed by atoms with E-state index in [0.29, 0.717) is 5.88 Å². The maximum Gasteiger partial charge on any atom is 0.213 e. The Balaban J connectivity index is 1.68. The first kappa shape index (κ1) is 21.7. The first-order valence-electron chi connectivity index (χ1n) is 10.5. The smallest absolute Gasteiger partial charge is 0.213 e. The molecule has 32 heavy (non-hydrogen) atoms. The van der Waals surface area contributed by atoms with Crippen molar-refractivity contribution in [3.8, 4) is 17.0 Å². The van der Waals surface area contributed by atoms with Gasteiger partial charge in [0.25, 0.3) is 0 Å². The summed E-state index contributed by atoms with van der Waals surface area (Å²) >= 11 is 0. The van der Waals surface area contributed by atoms with E-state index < -0.39 is 0 Å². The summed E-state index contributed by atoms with van der Waals surface area (Å²) in [5, 5.41) is 0. The van der Waals surface area contributed by atoms with E-state index in [0.717, 1.165) is 52.6 Å². The van der Waals surface area contributed by atoms with Gasteiger partial charge in [-0.05, 0) is 43.2 Å². The van der Waals surface area contributed by atoms with Crippen LogP contribution in [-0.4, -0.2) is 47.4 Å². The van der Waals surface area contributed by atoms with Gasteiger partial charge in [-0.25, -0.2) is 15.0 Å². The number of anilines is 2. The van der Waals surface area contributed by atoms with Crippen LogP contribution in [0.1, 0.15) is 25.1 Å². The van der Waals surface area contributed by atoms with Crippen LogP contribution in [0.2, 0.25) is 0 Å². The highest BCUT2D eigenvalue weighted by Gasteiger charge is 2.24. The molecule has 1 saturated heterocycles. The van der Waals surface area contributed by atoms with E-state index >= 15 is 0 Å². The van der Waals surface area contributed by atoms with Gasteiger partial charge in [0.2, 0.25) is 5.88 Å². The van der Waals surface area contributed by atoms with E-state index in [9.17, 15) is 0 Å². The summed E-state index contributed by atoms with van der Waals surface area (Å²) in [7, 11) is 1.60. The lowest BCUT2D eigenvalue weighted by Crippen LogP contribution is -2.45. The molecule has 1 aliphatic heterocycles. The molecule has 1 aliphatic rings. The van der Waals surface area contributed by atoms with E-state index in [2.05, 4.69) is 45.7 Å². The fourth-order valence-corrected chi connectivity index (χ4v) is 3.99. The molecule has 0 aliphatic carbocycles. The van der Waals surface area contributed by atoms with Crippen molar-refractivity contribution in [2.75, 3.05) is 30.5 Å². The number of rotatable bonds is 6. The van der Waals surface area contributed by atoms with Crippen LogP contribution in [0.5, 0.6) is 5.88 Å². The molecule has 1 aromatic carbocycles. The van der Waals surface area contributed by atoms with Gasteiger partial charge >= 0.3 is 0 Å². The van der Waals surface area contributed by atoms with Crippen molar-refractivity contribution in [3.63, 3.8) is 0 Å². The van der Waals surface area contributed by atoms with Crippen LogP contribution in [0.3, 0.4) is 0 Å². The molecule has 2 atom stereocenters. The van der Waals surface area contributed by atoms with Crippen molar-refractivity contribution >= 4 is 17.1 Å². The Morgan fingerprint density at radius 1 is 1.09 bits per heavy atom. The molecule has 0 bridgehead atoms. The molecule has 0 radical (unpaired) electrons. The van der Waals surface area contributed by atoms with Crippen LogP contribution < -0.4 is 20.9 Å². The number of nitrogen functional groups attached to an aromatic ring is 1. The van der Waals surface area contributed by atoms with Gasteiger partial charge in [0.1, 0.15) is 12.1 Å². The summed E-state index contributed by atoms with van der Waals surface area (Å²) in [5.41, 5.74) is 7.84. The maximum atomic E-state index is 5.85. The molecule has 0 spiro atoms. The highest BCUT2D eigenvalue weighted by atomic mass is 16.5. The first-order valence-corrected chi connectivity index (χ1v) is 10.5. The van der Waals surface area contributed by atoms with Gasteiger partial charge in [0, 0.05) is 42.6 Å². The molecule has 3 heterocycles. The van der Waals surface area contributed by atoms with E-state index in [4.69, 9.17) is 15.3 Å². The minimum atomic E-state index is 0.141. The number of morpholine rings is 1. The minimum Gasteiger partial charge on any atom is -0.481 e. The topological polar surface area (TPSA) is 98.4 Å². The second kappa shape index (κ2) is 9.33. The number of hydrazine groups is 1. The lowest BCUT2D eigenvalue weighted by atomic mass is 9.96. The van der Waals surface area contributed by atoms with Gasteiger partial charge < -0.3 is 19.8 Å². The van der Waals surface area contributed by atoms with Crippen LogP contribution in [0, 0.1) is 0 Å². The number of hydrogen-bond acceptors (Lipinski definition) is 8. The van der Waals surface area contributed by atoms with Crippen molar-refractivity contribution < 1.29 is 9.47 Å². The van der Waals surface area contributed by atoms with Crippen LogP contribution in [0.4, 0.5) is 11.5 Å². The Bertz CT molecular complexity index is 1110. The number of hydrogen-bond donors (Lipinski definition) is 2. The van der Waals surface area contributed by atoms with Gasteiger partial charge in [0.15, 0.2) is 0 Å². The van der Waals surface area contributed by atoms with Crippen LogP contribution >= 0.6 is 0 Å². The fourth-order valence-electron chi connectivity index (χ4n) is 3.99. The summed E-state index contributed by atoms with van der Waals surface area (Å²) in [6, 6.07) is 11.7. The van der Waals surface area contributed by atoms with Gasteiger partial charge in [-0.2, -0.15) is 0 Å². The molecule has 1 fully saturated rings. The Labute approximate surface area is 188 Å². The van der Waals surface area contributed by atoms with Crippen molar-refractivity contribution in [1.82, 2.24) is 15.0 Å². The lowest BCUT2D eigenvalue weighted by Gasteiger charge is -2.36. The molecule has 4 rings (SSSR count). The molecule has 8 nitrogen and oxygen atoms in total. The molecule has 3 aromatic rings. The molecule has 2 aromatic heterocycles. The third-order valence-corrected chi connectivity index (χ3v) is 5.48. The summed E-state index contributed by atoms with van der Waals surface area (Å²) in [6.07, 6.45) is 3.58. The molecule has 166 valence electrons. The third-order valence-electron chi connectivity index (χ3n) is 5.48. The van der Waals surface area contributed by atoms with Gasteiger partial charge in [-0.1, -0.05) is 12.6 Å². The highest BCUT2D eigenvalue weighted by Crippen LogP contribution is 2.33. The van der Waals surface area contributed by atoms with Crippen molar-refractivity contribution in [2.45, 2.75) is 26.1 Å². The second-order valence-electron chi connectivity index (χ2n) is 7.89. The summed E-state index contributed by atoms with van der Waals surface area (Å²) in [5.74, 6) is 7.21. The predicted molar refractivity (Wildman–Crippen MR) is 126 cm³/mol. The number of aromatic nitrogens is 3. The van der Waals surface area contributed by atoms with Gasteiger partial charge in [-0.15, -0.1) is 0 Å². The molecule has 0 saturated carbocycles. The number of nitrogens with one attached hydrogen (secondary N) is 1. The zero-order chi connectivity index (χ0) is 22.7. The number of nitrogens with zero attached hydrogens (tertiary/aromatic N) is 4. The second-order valence-corrected chi connectivity index (χ2v) is 7.89. The first-order chi connectivity index (χ1) is 15.5. The lowest BCUT2D eigenvalue weighted by molar-refractivity contribution is -0.00546. The number of benzene rings is 1. The molecular formula is C24H28N6O2. The quantitative estimate of drug-likeness (QED) is 0.451. The van der Waals surface area contributed by atoms with E-state index in [-0.39, 0.29) is 12.2 Å². The zero-order valence-corrected chi connectivity index (χ0v) is 18.6. The van der Waals surface area contributed by atoms with Crippen molar-refractivity contribution in [2.24, 2.45) is 5.84 Å². The van der Waals surface area contributed by atoms with Gasteiger partial charge in [0.05, 0.1) is 30.7 Å². The number of methoxy groups -OCH3 is 1. The number of pyridine rings is 1. The number of ether oxygens (including phenoxy) is 2. The third kappa shape index (κ3) is 4.56. The Morgan fingerprint density at radius 3 is 2.56 bits per heavy atom. The molecule has 0 amide bonds. The van der Waals surface area contributed by atoms with E-state index in [1.165, 1.54) is 0 Å². The Morgan fingerprint density at radius 2 is 1.84 bits per heavy atom. The molecule has 3 N–H and O–H groups in total. The Kier molecular flexibility index (Phi) is 6.34. The average molecular weight is 433 g/mol.